The molecule has 0 spiro atoms. The van der Waals surface area contributed by atoms with Crippen LogP contribution >= 0.6 is 11.3 Å². The number of nitrogens with zero attached hydrogens (tertiary/aromatic N) is 2. The van der Waals surface area contributed by atoms with E-state index in [1.54, 1.807) is 11.3 Å². The summed E-state index contributed by atoms with van der Waals surface area (Å²) in [6.45, 7) is 8.24. The lowest BCUT2D eigenvalue weighted by Gasteiger charge is -2.34. The molecular weight excluding hydrogens is 523 g/mol. The molecule has 0 saturated carbocycles. The van der Waals surface area contributed by atoms with E-state index in [-0.39, 0.29) is 0 Å². The molecule has 6 heteroatoms. The minimum absolute atomic E-state index is 0.428. The molecule has 4 nitrogen and oxygen atoms in total. The Morgan fingerprint density at radius 1 is 0.732 bits per heavy atom. The van der Waals surface area contributed by atoms with Crippen LogP contribution in [0.1, 0.15) is 61.1 Å². The Labute approximate surface area is 244 Å². The van der Waals surface area contributed by atoms with Gasteiger partial charge in [-0.05, 0) is 84.7 Å². The van der Waals surface area contributed by atoms with Crippen LogP contribution in [0.3, 0.4) is 0 Å². The normalized spacial score (nSPS) is 19.9. The molecule has 1 fully saturated rings. The van der Waals surface area contributed by atoms with Gasteiger partial charge in [-0.1, -0.05) is 66.7 Å². The van der Waals surface area contributed by atoms with E-state index in [0.717, 1.165) is 48.9 Å². The van der Waals surface area contributed by atoms with E-state index < -0.39 is 23.7 Å². The highest BCUT2D eigenvalue weighted by molar-refractivity contribution is 7.17. The standard InChI is InChI=1S/C35H27BN2O2S/c1-33(2)34(3,4)40-36(39-33)26-13-11-25(12-14-26)35(24-8-6-5-7-9-24)28-16-17-30-31(23(20-38)21-41-30)32(28)27-15-10-22(19-37)18-29(27)35/h5-18,21H,1-4H3. The lowest BCUT2D eigenvalue weighted by Crippen LogP contribution is -2.41. The second-order valence-corrected chi connectivity index (χ2v) is 12.7. The summed E-state index contributed by atoms with van der Waals surface area (Å²) < 4.78 is 13.8. The van der Waals surface area contributed by atoms with Crippen LogP contribution in [0, 0.1) is 22.7 Å². The largest absolute Gasteiger partial charge is 0.494 e. The van der Waals surface area contributed by atoms with Crippen molar-refractivity contribution >= 4 is 34.0 Å². The fourth-order valence-corrected chi connectivity index (χ4v) is 7.33. The zero-order valence-corrected chi connectivity index (χ0v) is 24.2. The molecule has 4 aromatic carbocycles. The lowest BCUT2D eigenvalue weighted by atomic mass is 9.66. The molecule has 1 unspecified atom stereocenters. The van der Waals surface area contributed by atoms with Gasteiger partial charge in [0.05, 0.1) is 33.8 Å². The lowest BCUT2D eigenvalue weighted by molar-refractivity contribution is 0.00578. The minimum Gasteiger partial charge on any atom is -0.399 e. The number of thiophene rings is 1. The molecule has 2 aliphatic rings. The molecule has 1 aromatic heterocycles. The first kappa shape index (κ1) is 25.8. The van der Waals surface area contributed by atoms with Gasteiger partial charge >= 0.3 is 7.12 Å². The number of nitriles is 2. The Hall–Kier alpha value is -4.20. The van der Waals surface area contributed by atoms with Crippen LogP contribution < -0.4 is 5.46 Å². The zero-order valence-electron chi connectivity index (χ0n) is 23.4. The molecule has 7 rings (SSSR count). The van der Waals surface area contributed by atoms with Crippen molar-refractivity contribution in [1.29, 1.82) is 10.5 Å². The van der Waals surface area contributed by atoms with Gasteiger partial charge in [-0.3, -0.25) is 0 Å². The predicted octanol–water partition coefficient (Wildman–Crippen LogP) is 7.31. The van der Waals surface area contributed by atoms with Crippen LogP contribution in [0.4, 0.5) is 0 Å². The van der Waals surface area contributed by atoms with Crippen LogP contribution in [0.15, 0.2) is 90.3 Å². The second kappa shape index (κ2) is 8.90. The van der Waals surface area contributed by atoms with E-state index in [2.05, 4.69) is 107 Å². The smallest absolute Gasteiger partial charge is 0.399 e. The molecule has 1 aliphatic carbocycles. The molecule has 2 heterocycles. The molecule has 5 aromatic rings. The molecule has 1 atom stereocenters. The fourth-order valence-electron chi connectivity index (χ4n) is 6.44. The highest BCUT2D eigenvalue weighted by Crippen LogP contribution is 2.58. The van der Waals surface area contributed by atoms with E-state index in [9.17, 15) is 10.5 Å². The van der Waals surface area contributed by atoms with Gasteiger partial charge in [0, 0.05) is 15.5 Å². The Morgan fingerprint density at radius 3 is 2.07 bits per heavy atom. The third-order valence-electron chi connectivity index (χ3n) is 9.16. The number of rotatable bonds is 3. The minimum atomic E-state index is -0.684. The van der Waals surface area contributed by atoms with Crippen LogP contribution in [0.5, 0.6) is 0 Å². The van der Waals surface area contributed by atoms with E-state index in [1.165, 1.54) is 0 Å². The Balaban J connectivity index is 1.52. The summed E-state index contributed by atoms with van der Waals surface area (Å²) in [6.07, 6.45) is 0. The first-order chi connectivity index (χ1) is 19.7. The molecule has 41 heavy (non-hydrogen) atoms. The highest BCUT2D eigenvalue weighted by atomic mass is 32.1. The van der Waals surface area contributed by atoms with Gasteiger partial charge < -0.3 is 9.31 Å². The van der Waals surface area contributed by atoms with E-state index >= 15 is 0 Å². The van der Waals surface area contributed by atoms with Gasteiger partial charge in [0.15, 0.2) is 0 Å². The highest BCUT2D eigenvalue weighted by Gasteiger charge is 2.52. The maximum Gasteiger partial charge on any atom is 0.494 e. The van der Waals surface area contributed by atoms with Crippen molar-refractivity contribution in [3.63, 3.8) is 0 Å². The van der Waals surface area contributed by atoms with Crippen LogP contribution in [-0.2, 0) is 14.7 Å². The molecule has 0 amide bonds. The average Bonchev–Trinajstić information content (AvgIpc) is 3.60. The summed E-state index contributed by atoms with van der Waals surface area (Å²) in [5.41, 5.74) is 7.16. The third-order valence-corrected chi connectivity index (χ3v) is 10.1. The average molecular weight is 550 g/mol. The summed E-state index contributed by atoms with van der Waals surface area (Å²) in [5, 5.41) is 22.9. The summed E-state index contributed by atoms with van der Waals surface area (Å²) in [4.78, 5) is 0. The van der Waals surface area contributed by atoms with Crippen LogP contribution in [0.25, 0.3) is 21.2 Å². The van der Waals surface area contributed by atoms with E-state index in [1.807, 2.05) is 23.6 Å². The van der Waals surface area contributed by atoms with Crippen molar-refractivity contribution in [3.8, 4) is 23.3 Å². The molecular formula is C35H27BN2O2S. The van der Waals surface area contributed by atoms with Crippen LogP contribution in [-0.4, -0.2) is 18.3 Å². The number of benzene rings is 4. The quantitative estimate of drug-likeness (QED) is 0.217. The van der Waals surface area contributed by atoms with Crippen LogP contribution in [0.2, 0.25) is 0 Å². The summed E-state index contributed by atoms with van der Waals surface area (Å²) >= 11 is 1.59. The van der Waals surface area contributed by atoms with Crippen molar-refractivity contribution < 1.29 is 9.31 Å². The van der Waals surface area contributed by atoms with Gasteiger partial charge in [-0.15, -0.1) is 11.3 Å². The zero-order chi connectivity index (χ0) is 28.6. The maximum atomic E-state index is 10.0. The monoisotopic (exact) mass is 550 g/mol. The third kappa shape index (κ3) is 3.52. The molecule has 0 bridgehead atoms. The Kier molecular flexibility index (Phi) is 5.59. The van der Waals surface area contributed by atoms with Crippen molar-refractivity contribution in [2.24, 2.45) is 0 Å². The number of fused-ring (bicyclic) bond motifs is 5. The molecule has 0 N–H and O–H groups in total. The maximum absolute atomic E-state index is 10.0. The molecule has 1 saturated heterocycles. The van der Waals surface area contributed by atoms with Gasteiger partial charge in [0.25, 0.3) is 0 Å². The topological polar surface area (TPSA) is 66.0 Å². The van der Waals surface area contributed by atoms with Gasteiger partial charge in [-0.25, -0.2) is 0 Å². The van der Waals surface area contributed by atoms with E-state index in [0.29, 0.717) is 11.1 Å². The van der Waals surface area contributed by atoms with Crippen molar-refractivity contribution in [2.45, 2.75) is 44.3 Å². The van der Waals surface area contributed by atoms with Gasteiger partial charge in [0.2, 0.25) is 0 Å². The van der Waals surface area contributed by atoms with Gasteiger partial charge in [-0.2, -0.15) is 10.5 Å². The second-order valence-electron chi connectivity index (χ2n) is 11.8. The number of hydrogen-bond acceptors (Lipinski definition) is 5. The summed E-state index contributed by atoms with van der Waals surface area (Å²) in [7, 11) is -0.460. The SMILES string of the molecule is CC1(C)OB(c2ccc(C3(c4ccccc4)c4cc(C#N)ccc4-c4c3ccc3scc(C#N)c43)cc2)OC1(C)C. The Bertz CT molecular complexity index is 1910. The van der Waals surface area contributed by atoms with Crippen molar-refractivity contribution in [2.75, 3.05) is 0 Å². The van der Waals surface area contributed by atoms with Crippen molar-refractivity contribution in [3.05, 3.63) is 124 Å². The first-order valence-corrected chi connectivity index (χ1v) is 14.6. The first-order valence-electron chi connectivity index (χ1n) is 13.7. The Morgan fingerprint density at radius 2 is 1.41 bits per heavy atom. The summed E-state index contributed by atoms with van der Waals surface area (Å²) in [5.74, 6) is 0. The summed E-state index contributed by atoms with van der Waals surface area (Å²) in [6, 6.07) is 34.0. The number of hydrogen-bond donors (Lipinski definition) is 0. The predicted molar refractivity (Wildman–Crippen MR) is 164 cm³/mol. The molecule has 1 aliphatic heterocycles. The molecule has 0 radical (unpaired) electrons. The van der Waals surface area contributed by atoms with Gasteiger partial charge in [0.1, 0.15) is 6.07 Å². The van der Waals surface area contributed by atoms with Crippen molar-refractivity contribution in [1.82, 2.24) is 0 Å². The molecule has 198 valence electrons. The van der Waals surface area contributed by atoms with E-state index in [4.69, 9.17) is 9.31 Å². The fraction of sp³-hybridized carbons (Fsp3) is 0.200.